The molecule has 0 bridgehead atoms. The third kappa shape index (κ3) is 41.1. The van der Waals surface area contributed by atoms with Crippen molar-refractivity contribution in [2.45, 2.75) is 89.2 Å². The van der Waals surface area contributed by atoms with Gasteiger partial charge in [0, 0.05) is 79.4 Å². The molecule has 542 valence electrons. The fourth-order valence-corrected chi connectivity index (χ4v) is 6.68. The number of H-pyrrole nitrogens is 1. The first kappa shape index (κ1) is 94.5. The molecule has 0 saturated carbocycles. The second-order valence-corrected chi connectivity index (χ2v) is 20.3. The number of hydrogen-bond acceptors (Lipinski definition) is 31. The molecule has 9 heterocycles. The number of nitrogens with two attached hydrogens (primary N) is 6. The van der Waals surface area contributed by atoms with Crippen LogP contribution in [-0.2, 0) is 14.3 Å². The quantitative estimate of drug-likeness (QED) is 0.0180. The number of Topliss-reactive ketones (excluding diaryl/α,β-unsaturated/α-hetero) is 1. The van der Waals surface area contributed by atoms with Crippen molar-refractivity contribution in [2.24, 2.45) is 0 Å². The van der Waals surface area contributed by atoms with Crippen LogP contribution >= 0.6 is 11.6 Å². The number of pyridine rings is 8. The molecule has 0 aliphatic heterocycles. The molecule has 0 radical (unpaired) electrons. The second-order valence-electron chi connectivity index (χ2n) is 19.9. The van der Waals surface area contributed by atoms with Crippen LogP contribution in [0.1, 0.15) is 60.7 Å². The average Bonchev–Trinajstić information content (AvgIpc) is 0.987. The number of nitro groups is 3. The summed E-state index contributed by atoms with van der Waals surface area (Å²) in [4.78, 5) is 89.8. The molecular weight excluding hydrogens is 1860 g/mol. The van der Waals surface area contributed by atoms with E-state index in [1.165, 1.54) is 76.1 Å². The maximum Gasteiger partial charge on any atom is 0.406 e. The zero-order valence-corrected chi connectivity index (χ0v) is 71.5. The molecule has 35 nitrogen and oxygen atoms in total. The number of anilines is 9. The number of aromatic nitrogens is 8. The number of nitrogens with zero attached hydrogens (tertiary/aromatic N) is 10. The van der Waals surface area contributed by atoms with E-state index in [1.54, 1.807) is 97.4 Å². The van der Waals surface area contributed by atoms with Crippen LogP contribution in [0.2, 0.25) is 18.7 Å². The third-order valence-corrected chi connectivity index (χ3v) is 11.4. The molecule has 0 fully saturated rings. The monoisotopic (exact) mass is 1940 g/mol. The number of aryl methyl sites for hydroxylation is 7. The van der Waals surface area contributed by atoms with Crippen molar-refractivity contribution in [2.75, 3.05) is 71.4 Å². The van der Waals surface area contributed by atoms with Crippen LogP contribution in [0.4, 0.5) is 68.2 Å². The molecule has 0 atom stereocenters. The SMILES string of the molecule is C.CB(O)Nc1cnc(C)cc1N.CB(O)Nc1cnc(C)cc1N.CNc1cn[c-]cc1N.COC(CC(C)=O)OC.Cc1cc(=O)c([N+](=O)[O-])c[nH]1.Cc1cc(=O)cco1.Cc1cc(Cl)c([N+](=O)[O-])cn1.Cc1cc(N)c(N)cn1.Cc1cc(N)c([N+](=O)[O-])cn1.Oc1c[c-]ncc1.[Rf].[Rf]. The van der Waals surface area contributed by atoms with Gasteiger partial charge in [-0.05, 0) is 105 Å². The summed E-state index contributed by atoms with van der Waals surface area (Å²) < 4.78 is 14.3. The van der Waals surface area contributed by atoms with E-state index < -0.39 is 40.0 Å². The zero-order valence-electron chi connectivity index (χ0n) is 58.0. The number of hydrogen-bond donors (Lipinski definition) is 13. The van der Waals surface area contributed by atoms with Crippen molar-refractivity contribution < 1.29 is 48.6 Å². The average molecular weight is 1940 g/mol. The molecule has 0 saturated heterocycles. The molecule has 0 spiro atoms. The van der Waals surface area contributed by atoms with Crippen LogP contribution in [0.5, 0.6) is 5.75 Å². The molecule has 0 aliphatic rings. The smallest absolute Gasteiger partial charge is 0.406 e. The van der Waals surface area contributed by atoms with Gasteiger partial charge in [0.15, 0.2) is 11.7 Å². The van der Waals surface area contributed by atoms with Crippen LogP contribution in [0.25, 0.3) is 0 Å². The van der Waals surface area contributed by atoms with Crippen molar-refractivity contribution in [3.05, 3.63) is 231 Å². The van der Waals surface area contributed by atoms with Gasteiger partial charge in [-0.1, -0.05) is 49.5 Å². The van der Waals surface area contributed by atoms with E-state index in [0.29, 0.717) is 69.1 Å². The summed E-state index contributed by atoms with van der Waals surface area (Å²) in [5.41, 5.74) is 41.6. The number of ether oxygens (including phenoxy) is 2. The minimum absolute atomic E-state index is 0. The predicted octanol–water partition coefficient (Wildman–Crippen LogP) is 8.23. The molecule has 40 heteroatoms. The molecule has 0 aromatic carbocycles. The molecule has 9 aromatic heterocycles. The molecule has 0 aliphatic carbocycles. The first-order chi connectivity index (χ1) is 46.4. The Bertz CT molecular complexity index is 3960. The summed E-state index contributed by atoms with van der Waals surface area (Å²) in [5, 5.41) is 65.7. The number of carbonyl (C=O) groups is 1. The van der Waals surface area contributed by atoms with Gasteiger partial charge in [0.25, 0.3) is 5.43 Å². The Morgan fingerprint density at radius 3 is 1.39 bits per heavy atom. The van der Waals surface area contributed by atoms with Gasteiger partial charge in [-0.2, -0.15) is 0 Å². The summed E-state index contributed by atoms with van der Waals surface area (Å²) in [6.07, 6.45) is 17.7. The fourth-order valence-electron chi connectivity index (χ4n) is 6.40. The van der Waals surface area contributed by atoms with Crippen LogP contribution in [-0.4, -0.2) is 117 Å². The number of methoxy groups -OCH3 is 2. The first-order valence-corrected chi connectivity index (χ1v) is 29.0. The van der Waals surface area contributed by atoms with Crippen molar-refractivity contribution in [1.29, 1.82) is 0 Å². The van der Waals surface area contributed by atoms with Crippen LogP contribution in [0.3, 0.4) is 0 Å². The van der Waals surface area contributed by atoms with Crippen LogP contribution in [0, 0.1) is 91.2 Å². The molecule has 0 unspecified atom stereocenters. The molecule has 19 N–H and O–H groups in total. The number of rotatable bonds is 12. The van der Waals surface area contributed by atoms with Gasteiger partial charge in [-0.25, -0.2) is 0 Å². The summed E-state index contributed by atoms with van der Waals surface area (Å²) in [6.45, 7) is 17.2. The molecule has 0 amide bonds. The molecule has 102 heavy (non-hydrogen) atoms. The summed E-state index contributed by atoms with van der Waals surface area (Å²) >= 11 is 5.54. The third-order valence-electron chi connectivity index (χ3n) is 11.1. The number of nitrogens with one attached hydrogen (secondary N) is 4. The Hall–Kier alpha value is -13.9. The number of aromatic amines is 1. The number of carbonyl (C=O) groups excluding carboxylic acids is 1. The van der Waals surface area contributed by atoms with Gasteiger partial charge in [-0.3, -0.25) is 69.6 Å². The van der Waals surface area contributed by atoms with E-state index in [-0.39, 0.29) is 52.8 Å². The Balaban J connectivity index is -0.000000523. The van der Waals surface area contributed by atoms with E-state index in [2.05, 4.69) is 68.0 Å². The topological polar surface area (TPSA) is 571 Å². The van der Waals surface area contributed by atoms with Gasteiger partial charge in [0.05, 0.1) is 86.4 Å². The predicted molar refractivity (Wildman–Crippen MR) is 390 cm³/mol. The van der Waals surface area contributed by atoms with Gasteiger partial charge >= 0.3 is 31.2 Å². The Kier molecular flexibility index (Phi) is 46.7. The molecule has 9 aromatic rings. The van der Waals surface area contributed by atoms with Crippen molar-refractivity contribution in [3.63, 3.8) is 0 Å². The fraction of sp³-hybridized carbons (Fsp3) is 0.258. The standard InChI is InChI=1S/2C7H12BN3O.C6H5ClN2O2.C6H7N3O2.C6H9N3.C6H8N3.C6H6N2O3.C6H12O3.C6H6O2.C5H4NO.CH4.2Rf/c2*1-5-3-6(9)7(4-10-5)11-8(2)12;2*1-4-2-5(7)6(3-8-4)9(10)11;1-4-2-5(7)6(8)3-9-4;1-8-6-4-9-3-2-5(6)7;1-4-2-6(9)5(3-7-4)8(10)11;1-5(7)4-6(8-2)9-3;1-5-4-6(7)2-3-8-5;7-5-1-3-6-4-2-5;;;/h2*3-4,11-12H,1-2H3,(H2,9,10);2-3H,1H3;2-3H,1H3,(H2,7,8);2-3H,8H2,1H3,(H2,7,9);2,4,8H,1H3,(H2,7,9);2-3H,1H3,(H,7,9);6H,4H2,1-3H3;2-4H,1H3;1-3H,(H,6,7);1H4;;/q;;;;;-1;;;;-1;;;. The second kappa shape index (κ2) is 50.5. The van der Waals surface area contributed by atoms with Crippen LogP contribution < -0.4 is 61.0 Å². The van der Waals surface area contributed by atoms with E-state index in [4.69, 9.17) is 75.0 Å². The number of aromatic hydroxyl groups is 1. The maximum atomic E-state index is 10.8. The molecule has 9 rings (SSSR count). The number of halogens is 1. The summed E-state index contributed by atoms with van der Waals surface area (Å²) in [6, 6.07) is 16.7. The Labute approximate surface area is 583 Å². The maximum absolute atomic E-state index is 10.8. The summed E-state index contributed by atoms with van der Waals surface area (Å²) in [5.74, 6) is 0.927. The zero-order chi connectivity index (χ0) is 75.5. The van der Waals surface area contributed by atoms with Crippen LogP contribution in [0.15, 0.2) is 137 Å². The van der Waals surface area contributed by atoms with E-state index in [9.17, 15) is 44.7 Å². The Morgan fingerprint density at radius 2 is 1.08 bits per heavy atom. The van der Waals surface area contributed by atoms with Gasteiger partial charge in [-0.15, -0.1) is 18.2 Å². The summed E-state index contributed by atoms with van der Waals surface area (Å²) in [7, 11) is 3.59. The minimum Gasteiger partial charge on any atom is -0.566 e. The van der Waals surface area contributed by atoms with Crippen molar-refractivity contribution in [3.8, 4) is 5.75 Å². The number of ketones is 1. The normalized spacial score (nSPS) is 9.19. The first-order valence-electron chi connectivity index (χ1n) is 28.6. The van der Waals surface area contributed by atoms with E-state index in [1.807, 2.05) is 20.8 Å². The van der Waals surface area contributed by atoms with Crippen molar-refractivity contribution >= 4 is 99.7 Å². The van der Waals surface area contributed by atoms with E-state index >= 15 is 0 Å². The largest absolute Gasteiger partial charge is 0.566 e. The number of nitrogen functional groups attached to an aromatic ring is 6. The van der Waals surface area contributed by atoms with Gasteiger partial charge < -0.3 is 94.2 Å². The Morgan fingerprint density at radius 1 is 0.627 bits per heavy atom. The van der Waals surface area contributed by atoms with Gasteiger partial charge in [0.1, 0.15) is 34.6 Å². The van der Waals surface area contributed by atoms with Crippen molar-refractivity contribution in [1.82, 2.24) is 39.9 Å². The molecular formula is C62H85B2ClN20O15Rf2-2. The minimum atomic E-state index is -0.710. The van der Waals surface area contributed by atoms with E-state index in [0.717, 1.165) is 41.4 Å². The van der Waals surface area contributed by atoms with Gasteiger partial charge in [0.2, 0.25) is 0 Å².